The predicted molar refractivity (Wildman–Crippen MR) is 77.8 cm³/mol. The third-order valence-electron chi connectivity index (χ3n) is 3.85. The molecule has 22 heavy (non-hydrogen) atoms. The van der Waals surface area contributed by atoms with Gasteiger partial charge in [0.1, 0.15) is 11.5 Å². The molecule has 1 N–H and O–H groups in total. The molecule has 0 amide bonds. The molecular weight excluding hydrogens is 308 g/mol. The van der Waals surface area contributed by atoms with E-state index >= 15 is 0 Å². The predicted octanol–water partition coefficient (Wildman–Crippen LogP) is 3.22. The Kier molecular flexibility index (Phi) is 2.90. The zero-order valence-corrected chi connectivity index (χ0v) is 12.1. The molecule has 2 aromatic carbocycles. The van der Waals surface area contributed by atoms with Gasteiger partial charge >= 0.3 is 5.97 Å². The molecule has 0 radical (unpaired) electrons. The van der Waals surface area contributed by atoms with Gasteiger partial charge in [-0.25, -0.2) is 0 Å². The van der Waals surface area contributed by atoms with E-state index < -0.39 is 0 Å². The van der Waals surface area contributed by atoms with Gasteiger partial charge in [0.2, 0.25) is 6.79 Å². The lowest BCUT2D eigenvalue weighted by molar-refractivity contribution is -0.135. The summed E-state index contributed by atoms with van der Waals surface area (Å²) in [4.78, 5) is 11.9. The van der Waals surface area contributed by atoms with Crippen LogP contribution >= 0.6 is 11.6 Å². The van der Waals surface area contributed by atoms with Crippen LogP contribution in [0.3, 0.4) is 0 Å². The number of halogens is 1. The molecule has 2 heterocycles. The minimum Gasteiger partial charge on any atom is -0.506 e. The Morgan fingerprint density at radius 2 is 1.86 bits per heavy atom. The Balaban J connectivity index is 1.84. The lowest BCUT2D eigenvalue weighted by Gasteiger charge is -2.25. The minimum atomic E-state index is -0.319. The molecule has 1 atom stereocenters. The van der Waals surface area contributed by atoms with Crippen LogP contribution in [0, 0.1) is 0 Å². The number of carbonyl (C=O) groups is 1. The van der Waals surface area contributed by atoms with Gasteiger partial charge in [0.05, 0.1) is 11.4 Å². The standard InChI is InChI=1S/C16H11ClO5/c17-11-3-8(1-2-12(11)18)9-5-16(19)22-13-6-15-14(4-10(9)13)20-7-21-15/h1-4,6,9,18H,5,7H2/t9-/m0/s1. The number of esters is 1. The molecule has 0 aliphatic carbocycles. The Morgan fingerprint density at radius 3 is 2.64 bits per heavy atom. The van der Waals surface area contributed by atoms with Crippen LogP contribution in [0.2, 0.25) is 5.02 Å². The summed E-state index contributed by atoms with van der Waals surface area (Å²) < 4.78 is 16.0. The summed E-state index contributed by atoms with van der Waals surface area (Å²) >= 11 is 5.98. The van der Waals surface area contributed by atoms with Gasteiger partial charge in [0.15, 0.2) is 11.5 Å². The van der Waals surface area contributed by atoms with E-state index in [2.05, 4.69) is 0 Å². The summed E-state index contributed by atoms with van der Waals surface area (Å²) in [5, 5.41) is 9.80. The highest BCUT2D eigenvalue weighted by Gasteiger charge is 2.31. The van der Waals surface area contributed by atoms with Crippen molar-refractivity contribution in [2.75, 3.05) is 6.79 Å². The molecule has 0 saturated heterocycles. The van der Waals surface area contributed by atoms with Crippen molar-refractivity contribution in [3.8, 4) is 23.0 Å². The minimum absolute atomic E-state index is 0.00899. The number of phenolic OH excluding ortho intramolecular Hbond substituents is 1. The van der Waals surface area contributed by atoms with Crippen LogP contribution in [0.4, 0.5) is 0 Å². The average Bonchev–Trinajstić information content (AvgIpc) is 2.94. The summed E-state index contributed by atoms with van der Waals surface area (Å²) in [7, 11) is 0. The fourth-order valence-electron chi connectivity index (χ4n) is 2.78. The molecule has 0 spiro atoms. The van der Waals surface area contributed by atoms with Crippen molar-refractivity contribution in [1.82, 2.24) is 0 Å². The number of phenols is 1. The molecular formula is C16H11ClO5. The van der Waals surface area contributed by atoms with Crippen molar-refractivity contribution in [2.24, 2.45) is 0 Å². The van der Waals surface area contributed by atoms with Crippen molar-refractivity contribution in [3.63, 3.8) is 0 Å². The number of hydrogen-bond acceptors (Lipinski definition) is 5. The number of hydrogen-bond donors (Lipinski definition) is 1. The van der Waals surface area contributed by atoms with Gasteiger partial charge in [-0.05, 0) is 23.8 Å². The smallest absolute Gasteiger partial charge is 0.312 e. The molecule has 0 bridgehead atoms. The molecule has 0 aromatic heterocycles. The number of rotatable bonds is 1. The largest absolute Gasteiger partial charge is 0.506 e. The van der Waals surface area contributed by atoms with E-state index in [-0.39, 0.29) is 35.9 Å². The summed E-state index contributed by atoms with van der Waals surface area (Å²) in [5.74, 6) is 1.15. The van der Waals surface area contributed by atoms with Crippen LogP contribution in [0.1, 0.15) is 23.5 Å². The quantitative estimate of drug-likeness (QED) is 0.646. The van der Waals surface area contributed by atoms with E-state index in [4.69, 9.17) is 25.8 Å². The summed E-state index contributed by atoms with van der Waals surface area (Å²) in [5.41, 5.74) is 1.67. The van der Waals surface area contributed by atoms with Gasteiger partial charge in [0, 0.05) is 17.5 Å². The van der Waals surface area contributed by atoms with Crippen LogP contribution in [-0.4, -0.2) is 17.9 Å². The summed E-state index contributed by atoms with van der Waals surface area (Å²) in [6, 6.07) is 8.43. The van der Waals surface area contributed by atoms with Gasteiger partial charge in [-0.15, -0.1) is 0 Å². The fourth-order valence-corrected chi connectivity index (χ4v) is 2.97. The van der Waals surface area contributed by atoms with E-state index in [0.717, 1.165) is 11.1 Å². The van der Waals surface area contributed by atoms with Gasteiger partial charge in [0.25, 0.3) is 0 Å². The van der Waals surface area contributed by atoms with E-state index in [1.807, 2.05) is 6.07 Å². The van der Waals surface area contributed by atoms with E-state index in [9.17, 15) is 9.90 Å². The van der Waals surface area contributed by atoms with Gasteiger partial charge in [-0.1, -0.05) is 17.7 Å². The summed E-state index contributed by atoms with van der Waals surface area (Å²) in [6.07, 6.45) is 0.202. The van der Waals surface area contributed by atoms with Crippen molar-refractivity contribution in [1.29, 1.82) is 0 Å². The molecule has 112 valence electrons. The number of aromatic hydroxyl groups is 1. The molecule has 6 heteroatoms. The van der Waals surface area contributed by atoms with Crippen LogP contribution in [0.25, 0.3) is 0 Å². The molecule has 0 unspecified atom stereocenters. The van der Waals surface area contributed by atoms with E-state index in [1.54, 1.807) is 18.2 Å². The molecule has 5 nitrogen and oxygen atoms in total. The van der Waals surface area contributed by atoms with Gasteiger partial charge < -0.3 is 19.3 Å². The van der Waals surface area contributed by atoms with E-state index in [0.29, 0.717) is 17.2 Å². The monoisotopic (exact) mass is 318 g/mol. The maximum absolute atomic E-state index is 11.9. The van der Waals surface area contributed by atoms with Crippen molar-refractivity contribution in [3.05, 3.63) is 46.5 Å². The topological polar surface area (TPSA) is 65.0 Å². The van der Waals surface area contributed by atoms with Gasteiger partial charge in [-0.2, -0.15) is 0 Å². The molecule has 2 aliphatic heterocycles. The Hall–Kier alpha value is -2.40. The molecule has 4 rings (SSSR count). The summed E-state index contributed by atoms with van der Waals surface area (Å²) in [6.45, 7) is 0.155. The Bertz CT molecular complexity index is 786. The second-order valence-corrected chi connectivity index (χ2v) is 5.59. The Morgan fingerprint density at radius 1 is 1.09 bits per heavy atom. The molecule has 2 aliphatic rings. The second-order valence-electron chi connectivity index (χ2n) is 5.18. The number of fused-ring (bicyclic) bond motifs is 2. The van der Waals surface area contributed by atoms with Crippen molar-refractivity contribution < 1.29 is 24.1 Å². The number of ether oxygens (including phenoxy) is 3. The van der Waals surface area contributed by atoms with Crippen molar-refractivity contribution >= 4 is 17.6 Å². The van der Waals surface area contributed by atoms with Gasteiger partial charge in [-0.3, -0.25) is 4.79 Å². The third kappa shape index (κ3) is 2.05. The third-order valence-corrected chi connectivity index (χ3v) is 4.15. The molecule has 0 saturated carbocycles. The first-order valence-electron chi connectivity index (χ1n) is 6.74. The molecule has 2 aromatic rings. The SMILES string of the molecule is O=C1C[C@@H](c2ccc(O)c(Cl)c2)c2cc3c(cc2O1)OCO3. The molecule has 0 fully saturated rings. The normalized spacial score (nSPS) is 18.8. The average molecular weight is 319 g/mol. The lowest BCUT2D eigenvalue weighted by Crippen LogP contribution is -2.20. The Labute approximate surface area is 131 Å². The first kappa shape index (κ1) is 13.3. The number of benzene rings is 2. The highest BCUT2D eigenvalue weighted by Crippen LogP contribution is 2.46. The van der Waals surface area contributed by atoms with Crippen molar-refractivity contribution in [2.45, 2.75) is 12.3 Å². The maximum Gasteiger partial charge on any atom is 0.312 e. The first-order valence-corrected chi connectivity index (χ1v) is 7.12. The highest BCUT2D eigenvalue weighted by molar-refractivity contribution is 6.32. The second kappa shape index (κ2) is 4.81. The van der Waals surface area contributed by atoms with E-state index in [1.165, 1.54) is 6.07 Å². The van der Waals surface area contributed by atoms with Crippen LogP contribution in [0.15, 0.2) is 30.3 Å². The van der Waals surface area contributed by atoms with Crippen LogP contribution < -0.4 is 14.2 Å². The van der Waals surface area contributed by atoms with Crippen LogP contribution in [0.5, 0.6) is 23.0 Å². The lowest BCUT2D eigenvalue weighted by atomic mass is 9.86. The zero-order valence-electron chi connectivity index (χ0n) is 11.3. The highest BCUT2D eigenvalue weighted by atomic mass is 35.5. The maximum atomic E-state index is 11.9. The number of carbonyl (C=O) groups excluding carboxylic acids is 1. The first-order chi connectivity index (χ1) is 10.6. The van der Waals surface area contributed by atoms with Crippen LogP contribution in [-0.2, 0) is 4.79 Å². The fraction of sp³-hybridized carbons (Fsp3) is 0.188. The zero-order chi connectivity index (χ0) is 15.3.